The Bertz CT molecular complexity index is 670. The second-order valence-electron chi connectivity index (χ2n) is 5.15. The standard InChI is InChI=1S/C17H17NO3/c1-17(2,20)9-8-13-5-3-6-14(11-13)16(19)18-12-15-7-4-10-21-15/h3-7,10-11,20H,12H2,1-2H3,(H,18,19). The summed E-state index contributed by atoms with van der Waals surface area (Å²) in [6, 6.07) is 10.5. The van der Waals surface area contributed by atoms with E-state index in [4.69, 9.17) is 4.42 Å². The molecule has 1 aromatic heterocycles. The average molecular weight is 283 g/mol. The van der Waals surface area contributed by atoms with Gasteiger partial charge >= 0.3 is 0 Å². The predicted molar refractivity (Wildman–Crippen MR) is 79.5 cm³/mol. The molecule has 0 aliphatic heterocycles. The van der Waals surface area contributed by atoms with Crippen molar-refractivity contribution in [2.24, 2.45) is 0 Å². The molecule has 0 bridgehead atoms. The largest absolute Gasteiger partial charge is 0.467 e. The van der Waals surface area contributed by atoms with E-state index in [1.54, 1.807) is 56.5 Å². The topological polar surface area (TPSA) is 62.5 Å². The second kappa shape index (κ2) is 6.29. The molecular formula is C17H17NO3. The van der Waals surface area contributed by atoms with Crippen molar-refractivity contribution in [3.05, 3.63) is 59.5 Å². The van der Waals surface area contributed by atoms with Gasteiger partial charge in [0, 0.05) is 11.1 Å². The summed E-state index contributed by atoms with van der Waals surface area (Å²) in [5, 5.41) is 12.4. The third-order valence-electron chi connectivity index (χ3n) is 2.64. The van der Waals surface area contributed by atoms with Crippen molar-refractivity contribution in [2.45, 2.75) is 26.0 Å². The summed E-state index contributed by atoms with van der Waals surface area (Å²) >= 11 is 0. The molecule has 0 aliphatic rings. The van der Waals surface area contributed by atoms with Crippen LogP contribution in [0.2, 0.25) is 0 Å². The first kappa shape index (κ1) is 14.9. The van der Waals surface area contributed by atoms with Crippen LogP contribution in [0.25, 0.3) is 0 Å². The maximum absolute atomic E-state index is 12.0. The Kier molecular flexibility index (Phi) is 4.46. The molecule has 1 heterocycles. The Hall–Kier alpha value is -2.51. The van der Waals surface area contributed by atoms with Gasteiger partial charge in [-0.1, -0.05) is 17.9 Å². The Balaban J connectivity index is 2.05. The molecule has 4 heteroatoms. The number of aliphatic hydroxyl groups is 1. The molecule has 0 spiro atoms. The minimum Gasteiger partial charge on any atom is -0.467 e. The molecule has 2 rings (SSSR count). The third kappa shape index (κ3) is 4.83. The van der Waals surface area contributed by atoms with Gasteiger partial charge in [-0.3, -0.25) is 4.79 Å². The minimum absolute atomic E-state index is 0.196. The molecule has 0 radical (unpaired) electrons. The summed E-state index contributed by atoms with van der Waals surface area (Å²) in [6.45, 7) is 3.56. The van der Waals surface area contributed by atoms with E-state index >= 15 is 0 Å². The van der Waals surface area contributed by atoms with Crippen LogP contribution < -0.4 is 5.32 Å². The van der Waals surface area contributed by atoms with E-state index in [9.17, 15) is 9.90 Å². The monoisotopic (exact) mass is 283 g/mol. The lowest BCUT2D eigenvalue weighted by Crippen LogP contribution is -2.22. The number of benzene rings is 1. The molecule has 0 saturated heterocycles. The second-order valence-corrected chi connectivity index (χ2v) is 5.15. The third-order valence-corrected chi connectivity index (χ3v) is 2.64. The zero-order chi connectivity index (χ0) is 15.3. The molecule has 1 aromatic carbocycles. The Morgan fingerprint density at radius 2 is 2.14 bits per heavy atom. The molecule has 1 amide bonds. The highest BCUT2D eigenvalue weighted by Crippen LogP contribution is 2.06. The van der Waals surface area contributed by atoms with Gasteiger partial charge in [0.25, 0.3) is 5.91 Å². The molecule has 21 heavy (non-hydrogen) atoms. The maximum Gasteiger partial charge on any atom is 0.251 e. The fraction of sp³-hybridized carbons (Fsp3) is 0.235. The number of hydrogen-bond acceptors (Lipinski definition) is 3. The predicted octanol–water partition coefficient (Wildman–Crippen LogP) is 2.33. The van der Waals surface area contributed by atoms with E-state index in [0.29, 0.717) is 23.4 Å². The number of carbonyl (C=O) groups is 1. The van der Waals surface area contributed by atoms with Gasteiger partial charge in [0.15, 0.2) is 0 Å². The van der Waals surface area contributed by atoms with Crippen LogP contribution in [0.5, 0.6) is 0 Å². The van der Waals surface area contributed by atoms with Crippen molar-refractivity contribution in [1.82, 2.24) is 5.32 Å². The molecule has 108 valence electrons. The average Bonchev–Trinajstić information content (AvgIpc) is 2.95. The van der Waals surface area contributed by atoms with E-state index in [-0.39, 0.29) is 5.91 Å². The molecule has 4 nitrogen and oxygen atoms in total. The lowest BCUT2D eigenvalue weighted by Gasteiger charge is -2.06. The smallest absolute Gasteiger partial charge is 0.251 e. The van der Waals surface area contributed by atoms with Gasteiger partial charge in [-0.05, 0) is 44.2 Å². The number of amides is 1. The van der Waals surface area contributed by atoms with Gasteiger partial charge in [-0.25, -0.2) is 0 Å². The molecule has 2 aromatic rings. The summed E-state index contributed by atoms with van der Waals surface area (Å²) in [6.07, 6.45) is 1.56. The van der Waals surface area contributed by atoms with Crippen LogP contribution in [0.4, 0.5) is 0 Å². The molecular weight excluding hydrogens is 266 g/mol. The molecule has 0 atom stereocenters. The highest BCUT2D eigenvalue weighted by Gasteiger charge is 2.08. The lowest BCUT2D eigenvalue weighted by molar-refractivity contribution is 0.0948. The van der Waals surface area contributed by atoms with E-state index in [0.717, 1.165) is 0 Å². The first-order valence-electron chi connectivity index (χ1n) is 6.60. The van der Waals surface area contributed by atoms with Crippen molar-refractivity contribution < 1.29 is 14.3 Å². The molecule has 0 aliphatic carbocycles. The van der Waals surface area contributed by atoms with Crippen molar-refractivity contribution in [3.8, 4) is 11.8 Å². The van der Waals surface area contributed by atoms with Gasteiger partial charge < -0.3 is 14.8 Å². The highest BCUT2D eigenvalue weighted by molar-refractivity contribution is 5.94. The number of nitrogens with one attached hydrogen (secondary N) is 1. The number of furan rings is 1. The minimum atomic E-state index is -1.06. The maximum atomic E-state index is 12.0. The van der Waals surface area contributed by atoms with Crippen LogP contribution in [0.15, 0.2) is 47.1 Å². The Morgan fingerprint density at radius 3 is 2.81 bits per heavy atom. The summed E-state index contributed by atoms with van der Waals surface area (Å²) in [5.41, 5.74) is 0.143. The molecule has 0 unspecified atom stereocenters. The zero-order valence-corrected chi connectivity index (χ0v) is 12.0. The van der Waals surface area contributed by atoms with Gasteiger partial charge in [0.2, 0.25) is 0 Å². The van der Waals surface area contributed by atoms with Gasteiger partial charge in [-0.15, -0.1) is 0 Å². The summed E-state index contributed by atoms with van der Waals surface area (Å²) < 4.78 is 5.15. The fourth-order valence-electron chi connectivity index (χ4n) is 1.65. The Labute approximate surface area is 123 Å². The zero-order valence-electron chi connectivity index (χ0n) is 12.0. The molecule has 0 saturated carbocycles. The number of carbonyl (C=O) groups excluding carboxylic acids is 1. The van der Waals surface area contributed by atoms with Crippen LogP contribution in [0.1, 0.15) is 35.5 Å². The first-order chi connectivity index (χ1) is 9.94. The van der Waals surface area contributed by atoms with Crippen LogP contribution in [0.3, 0.4) is 0 Å². The van der Waals surface area contributed by atoms with Crippen molar-refractivity contribution >= 4 is 5.91 Å². The van der Waals surface area contributed by atoms with Crippen LogP contribution in [-0.2, 0) is 6.54 Å². The molecule has 0 fully saturated rings. The van der Waals surface area contributed by atoms with Crippen molar-refractivity contribution in [1.29, 1.82) is 0 Å². The SMILES string of the molecule is CC(C)(O)C#Cc1cccc(C(=O)NCc2ccco2)c1. The van der Waals surface area contributed by atoms with Gasteiger partial charge in [0.05, 0.1) is 12.8 Å². The van der Waals surface area contributed by atoms with Crippen LogP contribution in [0, 0.1) is 11.8 Å². The fourth-order valence-corrected chi connectivity index (χ4v) is 1.65. The van der Waals surface area contributed by atoms with Crippen LogP contribution >= 0.6 is 0 Å². The summed E-state index contributed by atoms with van der Waals surface area (Å²) in [5.74, 6) is 6.07. The van der Waals surface area contributed by atoms with Crippen molar-refractivity contribution in [3.63, 3.8) is 0 Å². The Morgan fingerprint density at radius 1 is 1.33 bits per heavy atom. The normalized spacial score (nSPS) is 10.6. The lowest BCUT2D eigenvalue weighted by atomic mass is 10.1. The quantitative estimate of drug-likeness (QED) is 0.850. The van der Waals surface area contributed by atoms with Gasteiger partial charge in [-0.2, -0.15) is 0 Å². The first-order valence-corrected chi connectivity index (χ1v) is 6.60. The number of rotatable bonds is 3. The highest BCUT2D eigenvalue weighted by atomic mass is 16.3. The van der Waals surface area contributed by atoms with E-state index in [1.807, 2.05) is 0 Å². The summed E-state index contributed by atoms with van der Waals surface area (Å²) in [7, 11) is 0. The van der Waals surface area contributed by atoms with Crippen molar-refractivity contribution in [2.75, 3.05) is 0 Å². The number of hydrogen-bond donors (Lipinski definition) is 2. The summed E-state index contributed by atoms with van der Waals surface area (Å²) in [4.78, 5) is 12.0. The van der Waals surface area contributed by atoms with E-state index < -0.39 is 5.60 Å². The van der Waals surface area contributed by atoms with E-state index in [2.05, 4.69) is 17.2 Å². The van der Waals surface area contributed by atoms with Crippen LogP contribution in [-0.4, -0.2) is 16.6 Å². The van der Waals surface area contributed by atoms with E-state index in [1.165, 1.54) is 0 Å². The molecule has 2 N–H and O–H groups in total. The van der Waals surface area contributed by atoms with Gasteiger partial charge in [0.1, 0.15) is 11.4 Å².